The minimum atomic E-state index is -0.896. The topological polar surface area (TPSA) is 66.8 Å². The summed E-state index contributed by atoms with van der Waals surface area (Å²) < 4.78 is 5.85. The van der Waals surface area contributed by atoms with Crippen molar-refractivity contribution >= 4 is 5.78 Å². The second-order valence-corrected chi connectivity index (χ2v) is 6.27. The smallest absolute Gasteiger partial charge is 0.174 e. The van der Waals surface area contributed by atoms with Crippen LogP contribution in [-0.2, 0) is 16.6 Å². The molecular weight excluding hydrogens is 256 g/mol. The predicted molar refractivity (Wildman–Crippen MR) is 72.0 cm³/mol. The van der Waals surface area contributed by atoms with E-state index in [1.54, 1.807) is 6.07 Å². The molecule has 20 heavy (non-hydrogen) atoms. The second-order valence-electron chi connectivity index (χ2n) is 6.27. The summed E-state index contributed by atoms with van der Waals surface area (Å²) in [5.41, 5.74) is 0.407. The monoisotopic (exact) mass is 274 g/mol. The van der Waals surface area contributed by atoms with Gasteiger partial charge in [-0.3, -0.25) is 4.79 Å². The SMILES string of the molecule is CC[C@]12c3c4ccc(O)c3O[C@H]1C(=O)CC[C@@]2(O)CC4. The molecule has 0 unspecified atom stereocenters. The van der Waals surface area contributed by atoms with Gasteiger partial charge in [0.1, 0.15) is 0 Å². The molecule has 2 aliphatic carbocycles. The number of carbonyl (C=O) groups is 1. The molecule has 0 bridgehead atoms. The lowest BCUT2D eigenvalue weighted by Gasteiger charge is -2.52. The Morgan fingerprint density at radius 2 is 2.10 bits per heavy atom. The van der Waals surface area contributed by atoms with E-state index in [1.165, 1.54) is 0 Å². The van der Waals surface area contributed by atoms with Crippen LogP contribution in [0.25, 0.3) is 0 Å². The molecule has 0 saturated heterocycles. The number of carbonyl (C=O) groups excluding carboxylic acids is 1. The molecule has 0 radical (unpaired) electrons. The summed E-state index contributed by atoms with van der Waals surface area (Å²) in [4.78, 5) is 12.3. The van der Waals surface area contributed by atoms with Crippen molar-refractivity contribution < 1.29 is 19.7 Å². The van der Waals surface area contributed by atoms with Crippen LogP contribution in [0.3, 0.4) is 0 Å². The lowest BCUT2D eigenvalue weighted by molar-refractivity contribution is -0.153. The molecule has 0 aromatic heterocycles. The zero-order valence-electron chi connectivity index (χ0n) is 11.5. The average Bonchev–Trinajstić information content (AvgIpc) is 2.82. The zero-order chi connectivity index (χ0) is 14.1. The highest BCUT2D eigenvalue weighted by Crippen LogP contribution is 2.62. The minimum Gasteiger partial charge on any atom is -0.504 e. The van der Waals surface area contributed by atoms with Crippen molar-refractivity contribution in [2.75, 3.05) is 0 Å². The molecule has 1 aromatic carbocycles. The summed E-state index contributed by atoms with van der Waals surface area (Å²) in [7, 11) is 0. The summed E-state index contributed by atoms with van der Waals surface area (Å²) in [6.45, 7) is 1.99. The third-order valence-corrected chi connectivity index (χ3v) is 5.63. The number of Topliss-reactive ketones (excluding diaryl/α,β-unsaturated/α-hetero) is 1. The predicted octanol–water partition coefficient (Wildman–Crippen LogP) is 1.84. The molecule has 1 aliphatic heterocycles. The van der Waals surface area contributed by atoms with E-state index in [-0.39, 0.29) is 11.5 Å². The van der Waals surface area contributed by atoms with Gasteiger partial charge in [-0.1, -0.05) is 13.0 Å². The first-order valence-corrected chi connectivity index (χ1v) is 7.30. The van der Waals surface area contributed by atoms with E-state index in [4.69, 9.17) is 4.74 Å². The van der Waals surface area contributed by atoms with Crippen LogP contribution in [0.5, 0.6) is 11.5 Å². The number of phenols is 1. The molecule has 3 aliphatic rings. The van der Waals surface area contributed by atoms with Crippen LogP contribution in [-0.4, -0.2) is 27.7 Å². The third-order valence-electron chi connectivity index (χ3n) is 5.63. The van der Waals surface area contributed by atoms with Crippen LogP contribution < -0.4 is 4.74 Å². The van der Waals surface area contributed by atoms with Crippen molar-refractivity contribution in [3.63, 3.8) is 0 Å². The Hall–Kier alpha value is -1.55. The zero-order valence-corrected chi connectivity index (χ0v) is 11.5. The number of benzene rings is 1. The van der Waals surface area contributed by atoms with Crippen molar-refractivity contribution in [3.8, 4) is 11.5 Å². The fourth-order valence-electron chi connectivity index (χ4n) is 4.66. The van der Waals surface area contributed by atoms with Crippen LogP contribution in [0.2, 0.25) is 0 Å². The number of phenolic OH excluding ortho intramolecular Hbond substituents is 1. The van der Waals surface area contributed by atoms with Gasteiger partial charge < -0.3 is 14.9 Å². The van der Waals surface area contributed by atoms with Crippen molar-refractivity contribution in [2.45, 2.75) is 56.1 Å². The number of hydrogen-bond donors (Lipinski definition) is 2. The van der Waals surface area contributed by atoms with Gasteiger partial charge in [-0.15, -0.1) is 0 Å². The van der Waals surface area contributed by atoms with Crippen molar-refractivity contribution in [3.05, 3.63) is 23.3 Å². The van der Waals surface area contributed by atoms with E-state index in [0.29, 0.717) is 31.4 Å². The Labute approximate surface area is 117 Å². The van der Waals surface area contributed by atoms with Crippen LogP contribution in [0.15, 0.2) is 12.1 Å². The fourth-order valence-corrected chi connectivity index (χ4v) is 4.66. The van der Waals surface area contributed by atoms with Gasteiger partial charge in [0.25, 0.3) is 0 Å². The maximum atomic E-state index is 12.3. The molecule has 1 heterocycles. The summed E-state index contributed by atoms with van der Waals surface area (Å²) in [6, 6.07) is 3.53. The van der Waals surface area contributed by atoms with E-state index in [9.17, 15) is 15.0 Å². The van der Waals surface area contributed by atoms with E-state index < -0.39 is 17.1 Å². The first-order chi connectivity index (χ1) is 9.53. The summed E-state index contributed by atoms with van der Waals surface area (Å²) in [6.07, 6.45) is 2.27. The van der Waals surface area contributed by atoms with Gasteiger partial charge in [-0.2, -0.15) is 0 Å². The first-order valence-electron chi connectivity index (χ1n) is 7.30. The molecule has 4 nitrogen and oxygen atoms in total. The Kier molecular flexibility index (Phi) is 2.17. The standard InChI is InChI=1S/C16H18O4/c1-2-16-12-9-3-4-10(17)13(12)20-14(16)11(18)6-8-15(16,19)7-5-9/h3-4,14,17,19H,2,5-8H2,1H3/t14-,15-,16-/m0/s1. The lowest BCUT2D eigenvalue weighted by Crippen LogP contribution is -2.64. The number of ketones is 1. The highest BCUT2D eigenvalue weighted by atomic mass is 16.5. The van der Waals surface area contributed by atoms with Crippen LogP contribution in [0.4, 0.5) is 0 Å². The molecule has 4 heteroatoms. The largest absolute Gasteiger partial charge is 0.504 e. The molecule has 1 fully saturated rings. The van der Waals surface area contributed by atoms with E-state index in [1.807, 2.05) is 13.0 Å². The van der Waals surface area contributed by atoms with Crippen LogP contribution in [0, 0.1) is 0 Å². The Balaban J connectivity index is 2.07. The highest BCUT2D eigenvalue weighted by molar-refractivity contribution is 5.89. The molecule has 0 amide bonds. The molecule has 4 rings (SSSR count). The highest BCUT2D eigenvalue weighted by Gasteiger charge is 2.67. The Morgan fingerprint density at radius 3 is 2.85 bits per heavy atom. The molecule has 106 valence electrons. The number of aliphatic hydroxyl groups is 1. The molecule has 3 atom stereocenters. The third kappa shape index (κ3) is 1.11. The van der Waals surface area contributed by atoms with Gasteiger partial charge in [0.15, 0.2) is 23.4 Å². The molecular formula is C16H18O4. The normalized spacial score (nSPS) is 37.5. The maximum absolute atomic E-state index is 12.3. The summed E-state index contributed by atoms with van der Waals surface area (Å²) in [5, 5.41) is 21.3. The maximum Gasteiger partial charge on any atom is 0.174 e. The number of hydrogen-bond acceptors (Lipinski definition) is 4. The number of ether oxygens (including phenoxy) is 1. The number of aromatic hydroxyl groups is 1. The van der Waals surface area contributed by atoms with Gasteiger partial charge in [0.05, 0.1) is 11.0 Å². The Morgan fingerprint density at radius 1 is 1.35 bits per heavy atom. The van der Waals surface area contributed by atoms with Gasteiger partial charge in [0, 0.05) is 12.0 Å². The second kappa shape index (κ2) is 3.55. The van der Waals surface area contributed by atoms with Crippen molar-refractivity contribution in [2.24, 2.45) is 0 Å². The van der Waals surface area contributed by atoms with E-state index >= 15 is 0 Å². The average molecular weight is 274 g/mol. The van der Waals surface area contributed by atoms with Crippen LogP contribution >= 0.6 is 0 Å². The first kappa shape index (κ1) is 12.2. The number of aryl methyl sites for hydroxylation is 1. The van der Waals surface area contributed by atoms with Crippen LogP contribution in [0.1, 0.15) is 43.7 Å². The Bertz CT molecular complexity index is 623. The summed E-state index contributed by atoms with van der Waals surface area (Å²) in [5.74, 6) is 0.533. The van der Waals surface area contributed by atoms with Crippen molar-refractivity contribution in [1.82, 2.24) is 0 Å². The van der Waals surface area contributed by atoms with E-state index in [2.05, 4.69) is 0 Å². The molecule has 1 aromatic rings. The molecule has 2 N–H and O–H groups in total. The lowest BCUT2D eigenvalue weighted by atomic mass is 9.52. The minimum absolute atomic E-state index is 0.0416. The number of rotatable bonds is 1. The van der Waals surface area contributed by atoms with Gasteiger partial charge >= 0.3 is 0 Å². The van der Waals surface area contributed by atoms with Crippen molar-refractivity contribution in [1.29, 1.82) is 0 Å². The summed E-state index contributed by atoms with van der Waals surface area (Å²) >= 11 is 0. The molecule has 0 spiro atoms. The quantitative estimate of drug-likeness (QED) is 0.820. The fraction of sp³-hybridized carbons (Fsp3) is 0.562. The van der Waals surface area contributed by atoms with E-state index in [0.717, 1.165) is 17.5 Å². The molecule has 1 saturated carbocycles. The van der Waals surface area contributed by atoms with Gasteiger partial charge in [-0.05, 0) is 37.3 Å². The van der Waals surface area contributed by atoms with Gasteiger partial charge in [-0.25, -0.2) is 0 Å². The van der Waals surface area contributed by atoms with Gasteiger partial charge in [0.2, 0.25) is 0 Å².